The van der Waals surface area contributed by atoms with Gasteiger partial charge in [0.1, 0.15) is 0 Å². The Bertz CT molecular complexity index is 191. The van der Waals surface area contributed by atoms with Crippen LogP contribution in [-0.2, 0) is 4.79 Å². The average molecular weight is 217 g/mol. The summed E-state index contributed by atoms with van der Waals surface area (Å²) in [6.45, 7) is 0.671. The highest BCUT2D eigenvalue weighted by Crippen LogP contribution is 2.29. The van der Waals surface area contributed by atoms with E-state index in [-0.39, 0.29) is 5.92 Å². The predicted octanol–water partition coefficient (Wildman–Crippen LogP) is 1.39. The van der Waals surface area contributed by atoms with E-state index in [0.717, 1.165) is 24.3 Å². The van der Waals surface area contributed by atoms with E-state index in [1.165, 1.54) is 0 Å². The minimum atomic E-state index is -0.629. The van der Waals surface area contributed by atoms with Gasteiger partial charge in [-0.05, 0) is 44.4 Å². The highest BCUT2D eigenvalue weighted by molar-refractivity contribution is 7.99. The van der Waals surface area contributed by atoms with E-state index in [2.05, 4.69) is 0 Å². The molecular weight excluding hydrogens is 198 g/mol. The van der Waals surface area contributed by atoms with Crippen molar-refractivity contribution < 1.29 is 9.90 Å². The average Bonchev–Trinajstić information content (AvgIpc) is 2.15. The first-order valence-corrected chi connectivity index (χ1v) is 6.22. The Morgan fingerprint density at radius 3 is 2.50 bits per heavy atom. The van der Waals surface area contributed by atoms with Crippen molar-refractivity contribution in [2.24, 2.45) is 11.8 Å². The molecule has 3 nitrogen and oxygen atoms in total. The van der Waals surface area contributed by atoms with Gasteiger partial charge < -0.3 is 10.0 Å². The van der Waals surface area contributed by atoms with Gasteiger partial charge in [-0.15, -0.1) is 0 Å². The number of hydrogen-bond acceptors (Lipinski definition) is 3. The van der Waals surface area contributed by atoms with Gasteiger partial charge in [-0.1, -0.05) is 0 Å². The van der Waals surface area contributed by atoms with Crippen LogP contribution in [0.15, 0.2) is 0 Å². The lowest BCUT2D eigenvalue weighted by Gasteiger charge is -2.28. The maximum atomic E-state index is 11.1. The first-order valence-electron chi connectivity index (χ1n) is 5.06. The van der Waals surface area contributed by atoms with Gasteiger partial charge in [-0.2, -0.15) is 11.8 Å². The molecule has 1 atom stereocenters. The predicted molar refractivity (Wildman–Crippen MR) is 59.7 cm³/mol. The minimum absolute atomic E-state index is 0.175. The van der Waals surface area contributed by atoms with Gasteiger partial charge in [0.15, 0.2) is 0 Å². The van der Waals surface area contributed by atoms with Gasteiger partial charge in [0.05, 0.1) is 5.92 Å². The molecule has 0 aromatic rings. The summed E-state index contributed by atoms with van der Waals surface area (Å²) in [4.78, 5) is 13.1. The molecule has 1 heterocycles. The molecule has 0 saturated carbocycles. The second-order valence-corrected chi connectivity index (χ2v) is 5.38. The van der Waals surface area contributed by atoms with E-state index in [4.69, 9.17) is 5.11 Å². The van der Waals surface area contributed by atoms with Crippen LogP contribution in [0.4, 0.5) is 0 Å². The summed E-state index contributed by atoms with van der Waals surface area (Å²) in [6.07, 6.45) is 2.13. The quantitative estimate of drug-likeness (QED) is 0.772. The Labute approximate surface area is 89.9 Å². The van der Waals surface area contributed by atoms with Gasteiger partial charge in [0.25, 0.3) is 0 Å². The van der Waals surface area contributed by atoms with Crippen LogP contribution >= 0.6 is 11.8 Å². The number of carboxylic acids is 1. The molecule has 0 radical (unpaired) electrons. The van der Waals surface area contributed by atoms with E-state index < -0.39 is 5.97 Å². The van der Waals surface area contributed by atoms with Gasteiger partial charge in [-0.25, -0.2) is 0 Å². The molecule has 82 valence electrons. The summed E-state index contributed by atoms with van der Waals surface area (Å²) in [5, 5.41) is 9.14. The van der Waals surface area contributed by atoms with Crippen molar-refractivity contribution in [3.63, 3.8) is 0 Å². The molecule has 14 heavy (non-hydrogen) atoms. The van der Waals surface area contributed by atoms with Crippen LogP contribution in [0.2, 0.25) is 0 Å². The van der Waals surface area contributed by atoms with Crippen molar-refractivity contribution in [2.75, 3.05) is 32.1 Å². The lowest BCUT2D eigenvalue weighted by atomic mass is 9.87. The lowest BCUT2D eigenvalue weighted by molar-refractivity contribution is -0.144. The van der Waals surface area contributed by atoms with Crippen LogP contribution < -0.4 is 0 Å². The summed E-state index contributed by atoms with van der Waals surface area (Å²) >= 11 is 1.94. The monoisotopic (exact) mass is 217 g/mol. The standard InChI is InChI=1S/C10H19NO2S/c1-11(2)7-9(10(12)13)8-3-5-14-6-4-8/h8-9H,3-7H2,1-2H3,(H,12,13). The molecule has 1 fully saturated rings. The second kappa shape index (κ2) is 5.61. The Hall–Kier alpha value is -0.220. The fourth-order valence-corrected chi connectivity index (χ4v) is 3.08. The molecule has 1 N–H and O–H groups in total. The third kappa shape index (κ3) is 3.50. The third-order valence-corrected chi connectivity index (χ3v) is 3.76. The van der Waals surface area contributed by atoms with Gasteiger partial charge in [-0.3, -0.25) is 4.79 Å². The van der Waals surface area contributed by atoms with Crippen LogP contribution in [0.3, 0.4) is 0 Å². The van der Waals surface area contributed by atoms with E-state index in [9.17, 15) is 4.79 Å². The molecule has 0 aliphatic carbocycles. The Kier molecular flexibility index (Phi) is 4.75. The maximum Gasteiger partial charge on any atom is 0.308 e. The van der Waals surface area contributed by atoms with Crippen molar-refractivity contribution >= 4 is 17.7 Å². The molecule has 1 aliphatic heterocycles. The van der Waals surface area contributed by atoms with Crippen LogP contribution in [-0.4, -0.2) is 48.1 Å². The number of nitrogens with zero attached hydrogens (tertiary/aromatic N) is 1. The van der Waals surface area contributed by atoms with Crippen LogP contribution in [0.5, 0.6) is 0 Å². The molecule has 0 aromatic heterocycles. The highest BCUT2D eigenvalue weighted by Gasteiger charge is 2.29. The molecule has 0 amide bonds. The number of rotatable bonds is 4. The fourth-order valence-electron chi connectivity index (χ4n) is 1.94. The molecule has 1 unspecified atom stereocenters. The van der Waals surface area contributed by atoms with Crippen molar-refractivity contribution in [1.82, 2.24) is 4.90 Å². The summed E-state index contributed by atoms with van der Waals surface area (Å²) in [5.41, 5.74) is 0. The van der Waals surface area contributed by atoms with E-state index >= 15 is 0 Å². The number of aliphatic carboxylic acids is 1. The zero-order valence-corrected chi connectivity index (χ0v) is 9.72. The summed E-state index contributed by atoms with van der Waals surface area (Å²) < 4.78 is 0. The van der Waals surface area contributed by atoms with E-state index in [0.29, 0.717) is 12.5 Å². The summed E-state index contributed by atoms with van der Waals surface area (Å²) in [5.74, 6) is 1.83. The molecule has 0 bridgehead atoms. The molecule has 1 aliphatic rings. The largest absolute Gasteiger partial charge is 0.481 e. The maximum absolute atomic E-state index is 11.1. The first-order chi connectivity index (χ1) is 6.61. The normalized spacial score (nSPS) is 21.1. The smallest absolute Gasteiger partial charge is 0.308 e. The van der Waals surface area contributed by atoms with E-state index in [1.807, 2.05) is 30.8 Å². The van der Waals surface area contributed by atoms with Gasteiger partial charge in [0.2, 0.25) is 0 Å². The summed E-state index contributed by atoms with van der Waals surface area (Å²) in [7, 11) is 3.88. The Balaban J connectivity index is 2.51. The van der Waals surface area contributed by atoms with Crippen LogP contribution in [0.1, 0.15) is 12.8 Å². The Morgan fingerprint density at radius 1 is 1.50 bits per heavy atom. The van der Waals surface area contributed by atoms with Crippen molar-refractivity contribution in [3.05, 3.63) is 0 Å². The third-order valence-electron chi connectivity index (χ3n) is 2.71. The van der Waals surface area contributed by atoms with Crippen molar-refractivity contribution in [3.8, 4) is 0 Å². The van der Waals surface area contributed by atoms with Crippen LogP contribution in [0.25, 0.3) is 0 Å². The zero-order chi connectivity index (χ0) is 10.6. The fraction of sp³-hybridized carbons (Fsp3) is 0.900. The molecule has 0 aromatic carbocycles. The van der Waals surface area contributed by atoms with E-state index in [1.54, 1.807) is 0 Å². The SMILES string of the molecule is CN(C)CC(C(=O)O)C1CCSCC1. The number of carboxylic acid groups (broad SMARTS) is 1. The topological polar surface area (TPSA) is 40.5 Å². The summed E-state index contributed by atoms with van der Waals surface area (Å²) in [6, 6.07) is 0. The van der Waals surface area contributed by atoms with Crippen molar-refractivity contribution in [2.45, 2.75) is 12.8 Å². The number of thioether (sulfide) groups is 1. The first kappa shape index (κ1) is 11.9. The molecule has 1 rings (SSSR count). The molecule has 4 heteroatoms. The second-order valence-electron chi connectivity index (χ2n) is 4.16. The highest BCUT2D eigenvalue weighted by atomic mass is 32.2. The molecule has 1 saturated heterocycles. The Morgan fingerprint density at radius 2 is 2.07 bits per heavy atom. The van der Waals surface area contributed by atoms with Gasteiger partial charge in [0, 0.05) is 6.54 Å². The van der Waals surface area contributed by atoms with Crippen molar-refractivity contribution in [1.29, 1.82) is 0 Å². The van der Waals surface area contributed by atoms with Gasteiger partial charge >= 0.3 is 5.97 Å². The minimum Gasteiger partial charge on any atom is -0.481 e. The number of hydrogen-bond donors (Lipinski definition) is 1. The molecule has 0 spiro atoms. The molecular formula is C10H19NO2S. The lowest BCUT2D eigenvalue weighted by Crippen LogP contribution is -2.35. The zero-order valence-electron chi connectivity index (χ0n) is 8.90. The van der Waals surface area contributed by atoms with Crippen LogP contribution in [0, 0.1) is 11.8 Å². The number of carbonyl (C=O) groups is 1.